The summed E-state index contributed by atoms with van der Waals surface area (Å²) in [5, 5.41) is 12.4. The molecule has 1 aromatic heterocycles. The highest BCUT2D eigenvalue weighted by Crippen LogP contribution is 2.33. The van der Waals surface area contributed by atoms with Crippen LogP contribution in [-0.4, -0.2) is 23.3 Å². The van der Waals surface area contributed by atoms with E-state index in [0.717, 1.165) is 11.3 Å². The highest BCUT2D eigenvalue weighted by atomic mass is 16.5. The maximum Gasteiger partial charge on any atom is 0.358 e. The Bertz CT molecular complexity index is 601. The fraction of sp³-hybridized carbons (Fsp3) is 0.286. The fourth-order valence-corrected chi connectivity index (χ4v) is 1.82. The van der Waals surface area contributed by atoms with E-state index >= 15 is 0 Å². The zero-order chi connectivity index (χ0) is 14.0. The van der Waals surface area contributed by atoms with Crippen LogP contribution in [0.2, 0.25) is 0 Å². The Morgan fingerprint density at radius 1 is 1.37 bits per heavy atom. The minimum Gasteiger partial charge on any atom is -0.497 e. The molecule has 0 aliphatic carbocycles. The normalized spacial score (nSPS) is 11.3. The average Bonchev–Trinajstić information content (AvgIpc) is 2.89. The molecule has 1 heterocycles. The monoisotopic (exact) mass is 261 g/mol. The lowest BCUT2D eigenvalue weighted by Crippen LogP contribution is -2.18. The Balaban J connectivity index is 2.41. The van der Waals surface area contributed by atoms with Gasteiger partial charge in [-0.25, -0.2) is 4.79 Å². The third kappa shape index (κ3) is 2.45. The van der Waals surface area contributed by atoms with Crippen LogP contribution in [0.3, 0.4) is 0 Å². The van der Waals surface area contributed by atoms with Crippen molar-refractivity contribution < 1.29 is 19.2 Å². The lowest BCUT2D eigenvalue weighted by atomic mass is 9.82. The van der Waals surface area contributed by atoms with Crippen LogP contribution in [0.1, 0.15) is 35.7 Å². The van der Waals surface area contributed by atoms with E-state index < -0.39 is 11.4 Å². The van der Waals surface area contributed by atoms with Crippen LogP contribution < -0.4 is 4.74 Å². The van der Waals surface area contributed by atoms with Gasteiger partial charge in [-0.2, -0.15) is 0 Å². The molecule has 1 aromatic carbocycles. The lowest BCUT2D eigenvalue weighted by Gasteiger charge is -2.22. The largest absolute Gasteiger partial charge is 0.497 e. The number of aromatic carboxylic acids is 1. The Morgan fingerprint density at radius 2 is 2.11 bits per heavy atom. The Kier molecular flexibility index (Phi) is 3.29. The molecule has 0 spiro atoms. The topological polar surface area (TPSA) is 72.6 Å². The number of aromatic nitrogens is 1. The summed E-state index contributed by atoms with van der Waals surface area (Å²) in [5.41, 5.74) is 0.376. The van der Waals surface area contributed by atoms with Crippen LogP contribution >= 0.6 is 0 Å². The van der Waals surface area contributed by atoms with E-state index in [1.54, 1.807) is 7.11 Å². The van der Waals surface area contributed by atoms with Crippen LogP contribution in [-0.2, 0) is 5.41 Å². The van der Waals surface area contributed by atoms with Gasteiger partial charge in [-0.05, 0) is 31.5 Å². The summed E-state index contributed by atoms with van der Waals surface area (Å²) in [6, 6.07) is 9.00. The first-order chi connectivity index (χ1) is 8.95. The first-order valence-electron chi connectivity index (χ1n) is 5.80. The quantitative estimate of drug-likeness (QED) is 0.916. The molecule has 0 saturated carbocycles. The van der Waals surface area contributed by atoms with Crippen LogP contribution in [0, 0.1) is 0 Å². The van der Waals surface area contributed by atoms with Crippen molar-refractivity contribution in [3.63, 3.8) is 0 Å². The lowest BCUT2D eigenvalue weighted by molar-refractivity contribution is 0.0685. The van der Waals surface area contributed by atoms with Crippen LogP contribution in [0.4, 0.5) is 0 Å². The molecule has 0 saturated heterocycles. The van der Waals surface area contributed by atoms with E-state index in [1.165, 1.54) is 6.07 Å². The number of carboxylic acids is 1. The number of ether oxygens (including phenoxy) is 1. The molecular weight excluding hydrogens is 246 g/mol. The molecule has 0 amide bonds. The first kappa shape index (κ1) is 13.1. The summed E-state index contributed by atoms with van der Waals surface area (Å²) in [5.74, 6) is 0.137. The van der Waals surface area contributed by atoms with Crippen molar-refractivity contribution in [2.24, 2.45) is 0 Å². The second kappa shape index (κ2) is 4.76. The van der Waals surface area contributed by atoms with E-state index in [9.17, 15) is 4.79 Å². The van der Waals surface area contributed by atoms with E-state index in [0.29, 0.717) is 5.76 Å². The van der Waals surface area contributed by atoms with Gasteiger partial charge in [0.2, 0.25) is 0 Å². The van der Waals surface area contributed by atoms with Crippen molar-refractivity contribution in [2.45, 2.75) is 19.3 Å². The van der Waals surface area contributed by atoms with Crippen molar-refractivity contribution in [1.29, 1.82) is 0 Å². The Hall–Kier alpha value is -2.30. The van der Waals surface area contributed by atoms with Gasteiger partial charge in [-0.15, -0.1) is 0 Å². The zero-order valence-electron chi connectivity index (χ0n) is 11.0. The number of nitrogens with zero attached hydrogens (tertiary/aromatic N) is 1. The third-order valence-electron chi connectivity index (χ3n) is 3.14. The van der Waals surface area contributed by atoms with Crippen LogP contribution in [0.25, 0.3) is 0 Å². The number of carbonyl (C=O) groups is 1. The summed E-state index contributed by atoms with van der Waals surface area (Å²) in [6.45, 7) is 3.88. The smallest absolute Gasteiger partial charge is 0.358 e. The predicted molar refractivity (Wildman–Crippen MR) is 68.6 cm³/mol. The Labute approximate surface area is 110 Å². The standard InChI is InChI=1S/C14H15NO4/c1-14(2,9-5-4-6-10(7-9)18-3)12-8-11(13(16)17)15-19-12/h4-8H,1-3H3,(H,16,17). The van der Waals surface area contributed by atoms with Crippen molar-refractivity contribution >= 4 is 5.97 Å². The van der Waals surface area contributed by atoms with Gasteiger partial charge >= 0.3 is 5.97 Å². The summed E-state index contributed by atoms with van der Waals surface area (Å²) in [4.78, 5) is 10.8. The number of methoxy groups -OCH3 is 1. The van der Waals surface area contributed by atoms with Gasteiger partial charge in [0.1, 0.15) is 11.5 Å². The van der Waals surface area contributed by atoms with E-state index in [-0.39, 0.29) is 5.69 Å². The third-order valence-corrected chi connectivity index (χ3v) is 3.14. The number of carboxylic acid groups (broad SMARTS) is 1. The fourth-order valence-electron chi connectivity index (χ4n) is 1.82. The highest BCUT2D eigenvalue weighted by molar-refractivity contribution is 5.85. The van der Waals surface area contributed by atoms with E-state index in [2.05, 4.69) is 5.16 Å². The molecule has 0 bridgehead atoms. The van der Waals surface area contributed by atoms with Crippen molar-refractivity contribution in [3.8, 4) is 5.75 Å². The van der Waals surface area contributed by atoms with E-state index in [4.69, 9.17) is 14.4 Å². The maximum atomic E-state index is 10.8. The average molecular weight is 261 g/mol. The Morgan fingerprint density at radius 3 is 2.68 bits per heavy atom. The first-order valence-corrected chi connectivity index (χ1v) is 5.80. The number of hydrogen-bond acceptors (Lipinski definition) is 4. The molecule has 5 heteroatoms. The maximum absolute atomic E-state index is 10.8. The summed E-state index contributed by atoms with van der Waals surface area (Å²) in [7, 11) is 1.60. The molecule has 100 valence electrons. The summed E-state index contributed by atoms with van der Waals surface area (Å²) < 4.78 is 10.3. The molecule has 0 radical (unpaired) electrons. The summed E-state index contributed by atoms with van der Waals surface area (Å²) in [6.07, 6.45) is 0. The zero-order valence-corrected chi connectivity index (χ0v) is 11.0. The van der Waals surface area contributed by atoms with Gasteiger partial charge in [0.05, 0.1) is 12.5 Å². The minimum absolute atomic E-state index is 0.0917. The molecule has 0 unspecified atom stereocenters. The minimum atomic E-state index is -1.10. The van der Waals surface area contributed by atoms with Gasteiger partial charge in [-0.1, -0.05) is 17.3 Å². The van der Waals surface area contributed by atoms with Gasteiger partial charge in [0.15, 0.2) is 5.69 Å². The van der Waals surface area contributed by atoms with Gasteiger partial charge < -0.3 is 14.4 Å². The second-order valence-corrected chi connectivity index (χ2v) is 4.74. The second-order valence-electron chi connectivity index (χ2n) is 4.74. The van der Waals surface area contributed by atoms with Crippen molar-refractivity contribution in [2.75, 3.05) is 7.11 Å². The molecule has 2 aromatic rings. The molecular formula is C14H15NO4. The molecule has 0 atom stereocenters. The SMILES string of the molecule is COc1cccc(C(C)(C)c2cc(C(=O)O)no2)c1. The van der Waals surface area contributed by atoms with Gasteiger partial charge in [-0.3, -0.25) is 0 Å². The molecule has 0 aliphatic rings. The van der Waals surface area contributed by atoms with Gasteiger partial charge in [0.25, 0.3) is 0 Å². The molecule has 1 N–H and O–H groups in total. The molecule has 0 fully saturated rings. The molecule has 2 rings (SSSR count). The number of rotatable bonds is 4. The van der Waals surface area contributed by atoms with E-state index in [1.807, 2.05) is 38.1 Å². The van der Waals surface area contributed by atoms with Crippen LogP contribution in [0.5, 0.6) is 5.75 Å². The number of hydrogen-bond donors (Lipinski definition) is 1. The van der Waals surface area contributed by atoms with Crippen molar-refractivity contribution in [3.05, 3.63) is 47.3 Å². The number of benzene rings is 1. The predicted octanol–water partition coefficient (Wildman–Crippen LogP) is 2.71. The molecule has 0 aliphatic heterocycles. The van der Waals surface area contributed by atoms with Gasteiger partial charge in [0, 0.05) is 6.07 Å². The highest BCUT2D eigenvalue weighted by Gasteiger charge is 2.29. The van der Waals surface area contributed by atoms with Crippen molar-refractivity contribution in [1.82, 2.24) is 5.16 Å². The van der Waals surface area contributed by atoms with Crippen LogP contribution in [0.15, 0.2) is 34.9 Å². The molecule has 5 nitrogen and oxygen atoms in total. The summed E-state index contributed by atoms with van der Waals surface area (Å²) >= 11 is 0. The molecule has 19 heavy (non-hydrogen) atoms.